The molecule has 2 N–H and O–H groups in total. The third kappa shape index (κ3) is 8.53. The van der Waals surface area contributed by atoms with Gasteiger partial charge in [-0.15, -0.1) is 0 Å². The molecular weight excluding hydrogens is 191 g/mol. The summed E-state index contributed by atoms with van der Waals surface area (Å²) >= 11 is 0. The van der Waals surface area contributed by atoms with Crippen LogP contribution in [0, 0.1) is 5.92 Å². The molecule has 0 saturated heterocycles. The summed E-state index contributed by atoms with van der Waals surface area (Å²) in [5, 5.41) is 17.1. The van der Waals surface area contributed by atoms with Gasteiger partial charge in [0.15, 0.2) is 5.92 Å². The fraction of sp³-hybridized carbons (Fsp3) is 0.800. The zero-order valence-electron chi connectivity index (χ0n) is 8.53. The Hall–Kier alpha value is -0.463. The first kappa shape index (κ1) is 16.9. The first-order valence-electron chi connectivity index (χ1n) is 5.05. The van der Waals surface area contributed by atoms with E-state index in [2.05, 4.69) is 6.92 Å². The Balaban J connectivity index is 0. The van der Waals surface area contributed by atoms with Crippen molar-refractivity contribution in [2.45, 2.75) is 45.4 Å². The molecule has 0 radical (unpaired) electrons. The van der Waals surface area contributed by atoms with E-state index in [9.17, 15) is 9.59 Å². The van der Waals surface area contributed by atoms with Gasteiger partial charge in [-0.25, -0.2) is 0 Å². The summed E-state index contributed by atoms with van der Waals surface area (Å²) in [4.78, 5) is 21.0. The van der Waals surface area contributed by atoms with Crippen LogP contribution in [0.5, 0.6) is 0 Å². The van der Waals surface area contributed by atoms with Gasteiger partial charge in [-0.2, -0.15) is 0 Å². The van der Waals surface area contributed by atoms with Gasteiger partial charge in [0.05, 0.1) is 0 Å². The maximum atomic E-state index is 10.5. The van der Waals surface area contributed by atoms with Gasteiger partial charge in [0, 0.05) is 0 Å². The number of carboxylic acids is 2. The Morgan fingerprint density at radius 1 is 1.00 bits per heavy atom. The first-order chi connectivity index (χ1) is 6.59. The molecule has 0 unspecified atom stereocenters. The Morgan fingerprint density at radius 3 is 1.87 bits per heavy atom. The predicted molar refractivity (Wildman–Crippen MR) is 59.3 cm³/mol. The molecule has 0 saturated carbocycles. The standard InChI is InChI=1S/C10H18O4.Li.H/c1-2-3-4-5-6-7-8(9(11)12)10(13)14;;/h8H,2-7H2,1H3,(H,11,12)(H,13,14);;. The Morgan fingerprint density at radius 2 is 1.47 bits per heavy atom. The summed E-state index contributed by atoms with van der Waals surface area (Å²) in [6.45, 7) is 2.09. The summed E-state index contributed by atoms with van der Waals surface area (Å²) in [7, 11) is 0. The van der Waals surface area contributed by atoms with Crippen LogP contribution >= 0.6 is 0 Å². The molecule has 0 aliphatic rings. The van der Waals surface area contributed by atoms with Crippen molar-refractivity contribution in [2.75, 3.05) is 0 Å². The normalized spacial score (nSPS) is 9.73. The second-order valence-electron chi connectivity index (χ2n) is 3.43. The zero-order valence-corrected chi connectivity index (χ0v) is 8.53. The van der Waals surface area contributed by atoms with E-state index in [4.69, 9.17) is 10.2 Å². The van der Waals surface area contributed by atoms with Gasteiger partial charge in [-0.1, -0.05) is 39.0 Å². The van der Waals surface area contributed by atoms with Crippen molar-refractivity contribution in [1.29, 1.82) is 0 Å². The van der Waals surface area contributed by atoms with E-state index in [1.165, 1.54) is 0 Å². The van der Waals surface area contributed by atoms with Crippen LogP contribution in [0.1, 0.15) is 45.4 Å². The van der Waals surface area contributed by atoms with Crippen molar-refractivity contribution >= 4 is 30.8 Å². The molecule has 84 valence electrons. The minimum absolute atomic E-state index is 0. The van der Waals surface area contributed by atoms with Crippen molar-refractivity contribution in [3.05, 3.63) is 0 Å². The molecule has 0 fully saturated rings. The summed E-state index contributed by atoms with van der Waals surface area (Å²) in [6.07, 6.45) is 5.16. The fourth-order valence-electron chi connectivity index (χ4n) is 1.30. The number of rotatable bonds is 8. The van der Waals surface area contributed by atoms with Crippen LogP contribution in [-0.4, -0.2) is 41.0 Å². The van der Waals surface area contributed by atoms with Crippen molar-refractivity contribution in [1.82, 2.24) is 0 Å². The summed E-state index contributed by atoms with van der Waals surface area (Å²) in [6, 6.07) is 0. The number of unbranched alkanes of at least 4 members (excludes halogenated alkanes) is 4. The van der Waals surface area contributed by atoms with E-state index in [1.54, 1.807) is 0 Å². The average Bonchev–Trinajstić information content (AvgIpc) is 2.09. The van der Waals surface area contributed by atoms with Crippen LogP contribution < -0.4 is 0 Å². The van der Waals surface area contributed by atoms with Gasteiger partial charge < -0.3 is 10.2 Å². The maximum absolute atomic E-state index is 10.5. The summed E-state index contributed by atoms with van der Waals surface area (Å²) in [5.41, 5.74) is 0. The van der Waals surface area contributed by atoms with Gasteiger partial charge in [0.25, 0.3) is 0 Å². The number of carbonyl (C=O) groups is 2. The van der Waals surface area contributed by atoms with E-state index in [0.717, 1.165) is 25.7 Å². The van der Waals surface area contributed by atoms with Crippen molar-refractivity contribution in [3.8, 4) is 0 Å². The quantitative estimate of drug-likeness (QED) is 0.361. The Kier molecular flexibility index (Phi) is 11.4. The molecule has 0 rings (SSSR count). The molecule has 0 atom stereocenters. The number of carboxylic acid groups (broad SMARTS) is 2. The van der Waals surface area contributed by atoms with E-state index < -0.39 is 17.9 Å². The van der Waals surface area contributed by atoms with E-state index >= 15 is 0 Å². The second-order valence-corrected chi connectivity index (χ2v) is 3.43. The topological polar surface area (TPSA) is 74.6 Å². The van der Waals surface area contributed by atoms with Crippen LogP contribution in [-0.2, 0) is 9.59 Å². The average molecular weight is 210 g/mol. The predicted octanol–water partition coefficient (Wildman–Crippen LogP) is 1.48. The van der Waals surface area contributed by atoms with Gasteiger partial charge in [-0.3, -0.25) is 9.59 Å². The van der Waals surface area contributed by atoms with E-state index in [-0.39, 0.29) is 25.3 Å². The van der Waals surface area contributed by atoms with Crippen LogP contribution in [0.2, 0.25) is 0 Å². The molecule has 0 aliphatic carbocycles. The molecule has 0 aromatic heterocycles. The molecule has 5 heteroatoms. The van der Waals surface area contributed by atoms with Gasteiger partial charge >= 0.3 is 30.8 Å². The van der Waals surface area contributed by atoms with Crippen LogP contribution in [0.3, 0.4) is 0 Å². The minimum atomic E-state index is -1.23. The number of hydrogen-bond acceptors (Lipinski definition) is 2. The monoisotopic (exact) mass is 210 g/mol. The molecule has 15 heavy (non-hydrogen) atoms. The molecule has 0 heterocycles. The molecular formula is C10H19LiO4. The first-order valence-corrected chi connectivity index (χ1v) is 5.05. The molecule has 4 nitrogen and oxygen atoms in total. The van der Waals surface area contributed by atoms with Gasteiger partial charge in [-0.05, 0) is 6.42 Å². The zero-order chi connectivity index (χ0) is 11.0. The third-order valence-corrected chi connectivity index (χ3v) is 2.19. The number of aliphatic carboxylic acids is 2. The third-order valence-electron chi connectivity index (χ3n) is 2.19. The van der Waals surface area contributed by atoms with Crippen molar-refractivity contribution in [3.63, 3.8) is 0 Å². The van der Waals surface area contributed by atoms with Gasteiger partial charge in [0.1, 0.15) is 0 Å². The SMILES string of the molecule is CCCCCCCC(C(=O)O)C(=O)O.[LiH]. The van der Waals surface area contributed by atoms with E-state index in [0.29, 0.717) is 6.42 Å². The van der Waals surface area contributed by atoms with Gasteiger partial charge in [0.2, 0.25) is 0 Å². The van der Waals surface area contributed by atoms with E-state index in [1.807, 2.05) is 0 Å². The summed E-state index contributed by atoms with van der Waals surface area (Å²) in [5.74, 6) is -3.68. The van der Waals surface area contributed by atoms with Crippen LogP contribution in [0.15, 0.2) is 0 Å². The molecule has 0 bridgehead atoms. The van der Waals surface area contributed by atoms with Crippen LogP contribution in [0.25, 0.3) is 0 Å². The number of hydrogen-bond donors (Lipinski definition) is 2. The van der Waals surface area contributed by atoms with Crippen molar-refractivity contribution in [2.24, 2.45) is 5.92 Å². The fourth-order valence-corrected chi connectivity index (χ4v) is 1.30. The molecule has 0 aromatic rings. The van der Waals surface area contributed by atoms with Crippen LogP contribution in [0.4, 0.5) is 0 Å². The van der Waals surface area contributed by atoms with Crippen molar-refractivity contribution < 1.29 is 19.8 Å². The molecule has 0 aliphatic heterocycles. The Bertz CT molecular complexity index is 180. The molecule has 0 amide bonds. The summed E-state index contributed by atoms with van der Waals surface area (Å²) < 4.78 is 0. The molecule has 0 aromatic carbocycles. The second kappa shape index (κ2) is 10.1. The Labute approximate surface area is 102 Å². The molecule has 0 spiro atoms.